The van der Waals surface area contributed by atoms with E-state index in [4.69, 9.17) is 5.53 Å². The van der Waals surface area contributed by atoms with E-state index in [2.05, 4.69) is 22.0 Å². The van der Waals surface area contributed by atoms with Crippen LogP contribution < -0.4 is 0 Å². The molecule has 0 radical (unpaired) electrons. The molecule has 0 bridgehead atoms. The molecular weight excluding hydrogens is 161 g/mol. The first kappa shape index (κ1) is 11.1. The van der Waals surface area contributed by atoms with E-state index in [-0.39, 0.29) is 29.6 Å². The number of benzene rings is 1. The minimum atomic E-state index is 0. The number of hydrogen-bond acceptors (Lipinski definition) is 1. The molecule has 3 nitrogen and oxygen atoms in total. The minimum absolute atomic E-state index is 0. The summed E-state index contributed by atoms with van der Waals surface area (Å²) in [7, 11) is 0. The Balaban J connectivity index is 0.00000121. The first-order valence-corrected chi connectivity index (χ1v) is 3.03. The van der Waals surface area contributed by atoms with Crippen molar-refractivity contribution in [2.75, 3.05) is 0 Å². The van der Waals surface area contributed by atoms with E-state index in [1.54, 1.807) is 0 Å². The third-order valence-corrected chi connectivity index (χ3v) is 1.07. The molecule has 0 saturated heterocycles. The standard InChI is InChI=1S/C8H5N3.Na.H/c9-11-10-7-6-8-4-2-1-3-5-8;;/h1-5H;;. The van der Waals surface area contributed by atoms with Crippen LogP contribution >= 0.6 is 0 Å². The predicted molar refractivity (Wildman–Crippen MR) is 49.6 cm³/mol. The van der Waals surface area contributed by atoms with Crippen LogP contribution in [0, 0.1) is 12.0 Å². The van der Waals surface area contributed by atoms with E-state index < -0.39 is 0 Å². The van der Waals surface area contributed by atoms with Gasteiger partial charge in [-0.15, -0.1) is 0 Å². The van der Waals surface area contributed by atoms with Crippen molar-refractivity contribution in [3.8, 4) is 12.0 Å². The van der Waals surface area contributed by atoms with Crippen LogP contribution in [-0.4, -0.2) is 29.6 Å². The van der Waals surface area contributed by atoms with Gasteiger partial charge in [-0.1, -0.05) is 24.1 Å². The molecule has 0 saturated carbocycles. The Labute approximate surface area is 92.7 Å². The first-order chi connectivity index (χ1) is 5.43. The van der Waals surface area contributed by atoms with Crippen LogP contribution in [0.3, 0.4) is 0 Å². The van der Waals surface area contributed by atoms with Gasteiger partial charge >= 0.3 is 29.6 Å². The molecule has 0 aliphatic rings. The summed E-state index contributed by atoms with van der Waals surface area (Å²) < 4.78 is 0. The molecule has 0 heterocycles. The third-order valence-electron chi connectivity index (χ3n) is 1.07. The quantitative estimate of drug-likeness (QED) is 0.185. The second-order valence-electron chi connectivity index (χ2n) is 1.79. The zero-order valence-electron chi connectivity index (χ0n) is 5.73. The molecule has 1 aromatic rings. The Hall–Kier alpha value is -0.910. The number of rotatable bonds is 0. The molecule has 1 rings (SSSR count). The van der Waals surface area contributed by atoms with Gasteiger partial charge in [-0.05, 0) is 28.8 Å². The molecule has 1 aromatic carbocycles. The average molecular weight is 167 g/mol. The Bertz CT molecular complexity index is 330. The van der Waals surface area contributed by atoms with Gasteiger partial charge in [-0.25, -0.2) is 0 Å². The zero-order valence-corrected chi connectivity index (χ0v) is 5.73. The molecule has 0 fully saturated rings. The maximum atomic E-state index is 7.90. The maximum absolute atomic E-state index is 7.90. The molecule has 0 aliphatic heterocycles. The monoisotopic (exact) mass is 167 g/mol. The van der Waals surface area contributed by atoms with Crippen molar-refractivity contribution in [2.45, 2.75) is 0 Å². The van der Waals surface area contributed by atoms with E-state index in [1.165, 1.54) is 0 Å². The van der Waals surface area contributed by atoms with E-state index in [0.717, 1.165) is 5.56 Å². The molecule has 0 N–H and O–H groups in total. The van der Waals surface area contributed by atoms with Gasteiger partial charge in [0.05, 0.1) is 0 Å². The summed E-state index contributed by atoms with van der Waals surface area (Å²) in [5, 5.41) is 3.09. The summed E-state index contributed by atoms with van der Waals surface area (Å²) in [4.78, 5) is 2.50. The molecule has 12 heavy (non-hydrogen) atoms. The van der Waals surface area contributed by atoms with Crippen LogP contribution in [-0.2, 0) is 0 Å². The van der Waals surface area contributed by atoms with Crippen LogP contribution in [0.15, 0.2) is 35.4 Å². The molecule has 0 unspecified atom stereocenters. The topological polar surface area (TPSA) is 48.8 Å². The molecule has 0 aliphatic carbocycles. The van der Waals surface area contributed by atoms with Gasteiger partial charge in [0, 0.05) is 10.5 Å². The van der Waals surface area contributed by atoms with E-state index in [9.17, 15) is 0 Å². The molecule has 0 spiro atoms. The number of azide groups is 1. The van der Waals surface area contributed by atoms with Crippen molar-refractivity contribution in [3.63, 3.8) is 0 Å². The van der Waals surface area contributed by atoms with E-state index in [1.807, 2.05) is 30.3 Å². The number of nitrogens with zero attached hydrogens (tertiary/aromatic N) is 3. The Morgan fingerprint density at radius 3 is 2.50 bits per heavy atom. The van der Waals surface area contributed by atoms with E-state index in [0.29, 0.717) is 0 Å². The number of hydrogen-bond donors (Lipinski definition) is 0. The fraction of sp³-hybridized carbons (Fsp3) is 0. The van der Waals surface area contributed by atoms with Crippen LogP contribution in [0.1, 0.15) is 5.56 Å². The second kappa shape index (κ2) is 6.78. The van der Waals surface area contributed by atoms with Gasteiger partial charge in [-0.3, -0.25) is 0 Å². The van der Waals surface area contributed by atoms with Gasteiger partial charge in [0.25, 0.3) is 0 Å². The summed E-state index contributed by atoms with van der Waals surface area (Å²) in [5.41, 5.74) is 8.75. The Morgan fingerprint density at radius 2 is 1.92 bits per heavy atom. The average Bonchev–Trinajstić information content (AvgIpc) is 2.07. The van der Waals surface area contributed by atoms with Gasteiger partial charge in [0.1, 0.15) is 0 Å². The first-order valence-electron chi connectivity index (χ1n) is 3.03. The summed E-state index contributed by atoms with van der Waals surface area (Å²) in [5.74, 6) is 2.68. The van der Waals surface area contributed by atoms with Crippen LogP contribution in [0.2, 0.25) is 0 Å². The van der Waals surface area contributed by atoms with Gasteiger partial charge in [0.2, 0.25) is 0 Å². The van der Waals surface area contributed by atoms with Crippen molar-refractivity contribution in [2.24, 2.45) is 5.11 Å². The van der Waals surface area contributed by atoms with Gasteiger partial charge in [0.15, 0.2) is 0 Å². The molecule has 4 heteroatoms. The Kier molecular flexibility index (Phi) is 6.26. The molecule has 0 aromatic heterocycles. The fourth-order valence-corrected chi connectivity index (χ4v) is 0.633. The fourth-order valence-electron chi connectivity index (χ4n) is 0.633. The zero-order chi connectivity index (χ0) is 7.94. The SMILES string of the molecule is [N-]=[N+]=NC#Cc1ccccc1.[NaH]. The molecule has 0 amide bonds. The van der Waals surface area contributed by atoms with Crippen LogP contribution in [0.4, 0.5) is 0 Å². The summed E-state index contributed by atoms with van der Waals surface area (Å²) in [6.45, 7) is 0. The molecular formula is C8H6N3Na. The summed E-state index contributed by atoms with van der Waals surface area (Å²) in [6.07, 6.45) is 0. The van der Waals surface area contributed by atoms with Crippen molar-refractivity contribution in [1.82, 2.24) is 0 Å². The van der Waals surface area contributed by atoms with Crippen molar-refractivity contribution in [3.05, 3.63) is 46.3 Å². The van der Waals surface area contributed by atoms with Crippen LogP contribution in [0.5, 0.6) is 0 Å². The molecule has 54 valence electrons. The van der Waals surface area contributed by atoms with E-state index >= 15 is 0 Å². The molecule has 0 atom stereocenters. The van der Waals surface area contributed by atoms with Crippen molar-refractivity contribution < 1.29 is 0 Å². The normalized spacial score (nSPS) is 6.67. The Morgan fingerprint density at radius 1 is 1.25 bits per heavy atom. The third kappa shape index (κ3) is 4.07. The predicted octanol–water partition coefficient (Wildman–Crippen LogP) is 1.66. The van der Waals surface area contributed by atoms with Gasteiger partial charge < -0.3 is 0 Å². The summed E-state index contributed by atoms with van der Waals surface area (Å²) >= 11 is 0. The van der Waals surface area contributed by atoms with Crippen molar-refractivity contribution >= 4 is 29.6 Å². The summed E-state index contributed by atoms with van der Waals surface area (Å²) in [6, 6.07) is 11.7. The van der Waals surface area contributed by atoms with Crippen LogP contribution in [0.25, 0.3) is 10.4 Å². The second-order valence-corrected chi connectivity index (χ2v) is 1.79. The van der Waals surface area contributed by atoms with Gasteiger partial charge in [-0.2, -0.15) is 0 Å². The van der Waals surface area contributed by atoms with Crippen molar-refractivity contribution in [1.29, 1.82) is 0 Å².